The summed E-state index contributed by atoms with van der Waals surface area (Å²) in [6, 6.07) is 1.56. The summed E-state index contributed by atoms with van der Waals surface area (Å²) in [6.45, 7) is 11.1. The van der Waals surface area contributed by atoms with Crippen LogP contribution in [0, 0.1) is 23.7 Å². The van der Waals surface area contributed by atoms with Crippen molar-refractivity contribution in [1.82, 2.24) is 10.2 Å². The maximum atomic E-state index is 3.82. The smallest absolute Gasteiger partial charge is 0.0252 e. The minimum absolute atomic E-state index is 0.752. The first kappa shape index (κ1) is 15.8. The Morgan fingerprint density at radius 1 is 0.952 bits per heavy atom. The Morgan fingerprint density at radius 2 is 1.57 bits per heavy atom. The Bertz CT molecular complexity index is 306. The molecular weight excluding hydrogens is 256 g/mol. The third kappa shape index (κ3) is 4.45. The summed E-state index contributed by atoms with van der Waals surface area (Å²) >= 11 is 0. The molecule has 0 bridgehead atoms. The molecule has 2 nitrogen and oxygen atoms in total. The number of nitrogens with one attached hydrogen (secondary N) is 1. The molecule has 0 aromatic rings. The third-order valence-corrected chi connectivity index (χ3v) is 6.11. The first-order valence-electron chi connectivity index (χ1n) is 9.64. The van der Waals surface area contributed by atoms with Gasteiger partial charge in [0.05, 0.1) is 0 Å². The summed E-state index contributed by atoms with van der Waals surface area (Å²) in [7, 11) is 0. The zero-order valence-electron chi connectivity index (χ0n) is 14.5. The molecule has 2 heteroatoms. The molecule has 3 unspecified atom stereocenters. The molecule has 1 N–H and O–H groups in total. The van der Waals surface area contributed by atoms with Crippen LogP contribution in [-0.4, -0.2) is 36.6 Å². The van der Waals surface area contributed by atoms with Gasteiger partial charge < -0.3 is 5.32 Å². The summed E-state index contributed by atoms with van der Waals surface area (Å²) < 4.78 is 0. The van der Waals surface area contributed by atoms with E-state index in [-0.39, 0.29) is 0 Å². The predicted octanol–water partition coefficient (Wildman–Crippen LogP) is 3.91. The third-order valence-electron chi connectivity index (χ3n) is 6.11. The molecule has 0 spiro atoms. The van der Waals surface area contributed by atoms with Crippen molar-refractivity contribution in [2.24, 2.45) is 23.7 Å². The van der Waals surface area contributed by atoms with Gasteiger partial charge in [0, 0.05) is 25.2 Å². The van der Waals surface area contributed by atoms with Crippen molar-refractivity contribution in [2.45, 2.75) is 77.8 Å². The molecule has 3 atom stereocenters. The minimum atomic E-state index is 0.752. The number of nitrogens with zero attached hydrogens (tertiary/aromatic N) is 1. The second-order valence-electron chi connectivity index (χ2n) is 8.39. The van der Waals surface area contributed by atoms with Gasteiger partial charge in [0.25, 0.3) is 0 Å². The van der Waals surface area contributed by atoms with E-state index in [0.717, 1.165) is 42.3 Å². The zero-order valence-corrected chi connectivity index (χ0v) is 14.5. The maximum Gasteiger partial charge on any atom is 0.0252 e. The van der Waals surface area contributed by atoms with Crippen molar-refractivity contribution in [3.63, 3.8) is 0 Å². The number of hydrogen-bond donors (Lipinski definition) is 1. The van der Waals surface area contributed by atoms with E-state index in [0.29, 0.717) is 0 Å². The van der Waals surface area contributed by atoms with Crippen LogP contribution in [0.2, 0.25) is 0 Å². The lowest BCUT2D eigenvalue weighted by Crippen LogP contribution is -2.54. The van der Waals surface area contributed by atoms with E-state index in [2.05, 4.69) is 31.0 Å². The lowest BCUT2D eigenvalue weighted by molar-refractivity contribution is 0.0758. The van der Waals surface area contributed by atoms with Crippen LogP contribution in [0.15, 0.2) is 0 Å². The largest absolute Gasteiger partial charge is 0.313 e. The van der Waals surface area contributed by atoms with E-state index in [1.807, 2.05) is 0 Å². The van der Waals surface area contributed by atoms with Crippen LogP contribution in [0.5, 0.6) is 0 Å². The Balaban J connectivity index is 1.66. The van der Waals surface area contributed by atoms with E-state index in [1.165, 1.54) is 58.0 Å². The van der Waals surface area contributed by atoms with Crippen LogP contribution in [0.4, 0.5) is 0 Å². The van der Waals surface area contributed by atoms with Gasteiger partial charge in [-0.05, 0) is 75.2 Å². The molecule has 0 aromatic carbocycles. The van der Waals surface area contributed by atoms with E-state index in [9.17, 15) is 0 Å². The lowest BCUT2D eigenvalue weighted by Gasteiger charge is -2.44. The van der Waals surface area contributed by atoms with Crippen LogP contribution < -0.4 is 5.32 Å². The van der Waals surface area contributed by atoms with Crippen molar-refractivity contribution < 1.29 is 0 Å². The molecular formula is C19H36N2. The summed E-state index contributed by atoms with van der Waals surface area (Å²) in [6.07, 6.45) is 10.2. The highest BCUT2D eigenvalue weighted by atomic mass is 15.2. The van der Waals surface area contributed by atoms with Gasteiger partial charge in [-0.15, -0.1) is 0 Å². The highest BCUT2D eigenvalue weighted by molar-refractivity contribution is 4.95. The molecule has 0 saturated heterocycles. The Labute approximate surface area is 132 Å². The average molecular weight is 293 g/mol. The van der Waals surface area contributed by atoms with Gasteiger partial charge in [0.2, 0.25) is 0 Å². The van der Waals surface area contributed by atoms with Crippen LogP contribution in [0.25, 0.3) is 0 Å². The van der Waals surface area contributed by atoms with Gasteiger partial charge in [-0.1, -0.05) is 20.8 Å². The quantitative estimate of drug-likeness (QED) is 0.729. The molecule has 3 aliphatic carbocycles. The van der Waals surface area contributed by atoms with Crippen molar-refractivity contribution >= 4 is 0 Å². The molecule has 0 aromatic heterocycles. The molecule has 3 aliphatic rings. The number of rotatable bonds is 8. The normalized spacial score (nSPS) is 33.9. The van der Waals surface area contributed by atoms with E-state index >= 15 is 0 Å². The molecule has 0 amide bonds. The first-order chi connectivity index (χ1) is 10.2. The van der Waals surface area contributed by atoms with Crippen LogP contribution in [0.3, 0.4) is 0 Å². The van der Waals surface area contributed by atoms with Crippen molar-refractivity contribution in [2.75, 3.05) is 19.6 Å². The fraction of sp³-hybridized carbons (Fsp3) is 1.00. The van der Waals surface area contributed by atoms with Crippen LogP contribution in [-0.2, 0) is 0 Å². The first-order valence-corrected chi connectivity index (χ1v) is 9.64. The standard InChI is InChI=1S/C19H36N2/c1-4-20-18-10-9-17(14(2)3)11-19(18)21(12-15-5-6-15)13-16-7-8-16/h14-20H,4-13H2,1-3H3. The monoisotopic (exact) mass is 292 g/mol. The Kier molecular flexibility index (Phi) is 5.27. The van der Waals surface area contributed by atoms with Crippen LogP contribution in [0.1, 0.15) is 65.7 Å². The van der Waals surface area contributed by atoms with Gasteiger partial charge in [-0.2, -0.15) is 0 Å². The topological polar surface area (TPSA) is 15.3 Å². The molecule has 0 radical (unpaired) electrons. The molecule has 3 saturated carbocycles. The molecule has 0 heterocycles. The summed E-state index contributed by atoms with van der Waals surface area (Å²) in [4.78, 5) is 2.93. The van der Waals surface area contributed by atoms with Gasteiger partial charge >= 0.3 is 0 Å². The fourth-order valence-electron chi connectivity index (χ4n) is 4.30. The van der Waals surface area contributed by atoms with Crippen LogP contribution >= 0.6 is 0 Å². The minimum Gasteiger partial charge on any atom is -0.313 e. The van der Waals surface area contributed by atoms with Gasteiger partial charge in [0.15, 0.2) is 0 Å². The second-order valence-corrected chi connectivity index (χ2v) is 8.39. The van der Waals surface area contributed by atoms with E-state index in [4.69, 9.17) is 0 Å². The van der Waals surface area contributed by atoms with E-state index in [1.54, 1.807) is 0 Å². The molecule has 3 rings (SSSR count). The fourth-order valence-corrected chi connectivity index (χ4v) is 4.30. The summed E-state index contributed by atoms with van der Waals surface area (Å²) in [5.74, 6) is 3.88. The van der Waals surface area contributed by atoms with Gasteiger partial charge in [-0.25, -0.2) is 0 Å². The maximum absolute atomic E-state index is 3.82. The second kappa shape index (κ2) is 7.00. The lowest BCUT2D eigenvalue weighted by atomic mass is 9.76. The van der Waals surface area contributed by atoms with E-state index < -0.39 is 0 Å². The Morgan fingerprint density at radius 3 is 2.05 bits per heavy atom. The van der Waals surface area contributed by atoms with Gasteiger partial charge in [-0.3, -0.25) is 4.90 Å². The summed E-state index contributed by atoms with van der Waals surface area (Å²) in [5, 5.41) is 3.82. The average Bonchev–Trinajstić information content (AvgIpc) is 3.34. The highest BCUT2D eigenvalue weighted by Crippen LogP contribution is 2.39. The number of likely N-dealkylation sites (N-methyl/N-ethyl adjacent to an activating group) is 1. The molecule has 0 aliphatic heterocycles. The Hall–Kier alpha value is -0.0800. The molecule has 21 heavy (non-hydrogen) atoms. The number of hydrogen-bond acceptors (Lipinski definition) is 2. The predicted molar refractivity (Wildman–Crippen MR) is 90.5 cm³/mol. The van der Waals surface area contributed by atoms with Crippen molar-refractivity contribution in [3.8, 4) is 0 Å². The molecule has 3 fully saturated rings. The molecule has 122 valence electrons. The zero-order chi connectivity index (χ0) is 14.8. The van der Waals surface area contributed by atoms with Crippen molar-refractivity contribution in [3.05, 3.63) is 0 Å². The SMILES string of the molecule is CCNC1CCC(C(C)C)CC1N(CC1CC1)CC1CC1. The highest BCUT2D eigenvalue weighted by Gasteiger charge is 2.39. The van der Waals surface area contributed by atoms with Crippen molar-refractivity contribution in [1.29, 1.82) is 0 Å². The van der Waals surface area contributed by atoms with Gasteiger partial charge in [0.1, 0.15) is 0 Å². The summed E-state index contributed by atoms with van der Waals surface area (Å²) in [5.41, 5.74) is 0.